The third kappa shape index (κ3) is 2.40. The van der Waals surface area contributed by atoms with Gasteiger partial charge in [0.2, 0.25) is 0 Å². The molecule has 1 aromatic heterocycles. The normalized spacial score (nSPS) is 10.7. The van der Waals surface area contributed by atoms with Gasteiger partial charge in [-0.3, -0.25) is 0 Å². The molecule has 100 valence electrons. The number of hydrogen-bond acceptors (Lipinski definition) is 2. The van der Waals surface area contributed by atoms with Gasteiger partial charge < -0.3 is 5.73 Å². The zero-order valence-corrected chi connectivity index (χ0v) is 11.8. The fourth-order valence-corrected chi connectivity index (χ4v) is 2.27. The number of nitrogens with zero attached hydrogens (tertiary/aromatic N) is 2. The fourth-order valence-electron chi connectivity index (χ4n) is 2.08. The van der Waals surface area contributed by atoms with E-state index in [0.717, 1.165) is 16.9 Å². The quantitative estimate of drug-likeness (QED) is 0.770. The Labute approximate surface area is 122 Å². The minimum absolute atomic E-state index is 0.601. The maximum atomic E-state index is 6.05. The van der Waals surface area contributed by atoms with Crippen molar-refractivity contribution in [2.24, 2.45) is 0 Å². The predicted octanol–water partition coefficient (Wildman–Crippen LogP) is 4.08. The maximum Gasteiger partial charge on any atom is 0.127 e. The summed E-state index contributed by atoms with van der Waals surface area (Å²) in [6.07, 6.45) is 0. The summed E-state index contributed by atoms with van der Waals surface area (Å²) in [6, 6.07) is 17.5. The lowest BCUT2D eigenvalue weighted by Crippen LogP contribution is -2.01. The van der Waals surface area contributed by atoms with E-state index in [2.05, 4.69) is 5.10 Å². The zero-order valence-electron chi connectivity index (χ0n) is 11.0. The molecule has 2 aromatic carbocycles. The molecule has 0 fully saturated rings. The first-order valence-corrected chi connectivity index (χ1v) is 6.70. The topological polar surface area (TPSA) is 43.8 Å². The molecule has 3 aromatic rings. The van der Waals surface area contributed by atoms with Crippen LogP contribution in [-0.4, -0.2) is 9.78 Å². The van der Waals surface area contributed by atoms with Crippen LogP contribution in [0.2, 0.25) is 5.02 Å². The van der Waals surface area contributed by atoms with Gasteiger partial charge in [0, 0.05) is 16.7 Å². The van der Waals surface area contributed by atoms with E-state index < -0.39 is 0 Å². The summed E-state index contributed by atoms with van der Waals surface area (Å²) in [5.41, 5.74) is 9.97. The summed E-state index contributed by atoms with van der Waals surface area (Å²) < 4.78 is 1.73. The van der Waals surface area contributed by atoms with Crippen LogP contribution in [0.5, 0.6) is 0 Å². The minimum atomic E-state index is 0.601. The molecule has 0 unspecified atom stereocenters. The van der Waals surface area contributed by atoms with Crippen molar-refractivity contribution in [3.8, 4) is 16.9 Å². The number of nitrogens with two attached hydrogens (primary N) is 1. The second-order valence-electron chi connectivity index (χ2n) is 4.71. The number of rotatable bonds is 2. The van der Waals surface area contributed by atoms with Gasteiger partial charge in [-0.1, -0.05) is 41.4 Å². The van der Waals surface area contributed by atoms with E-state index in [1.54, 1.807) is 4.68 Å². The van der Waals surface area contributed by atoms with Gasteiger partial charge in [0.15, 0.2) is 0 Å². The van der Waals surface area contributed by atoms with Crippen molar-refractivity contribution < 1.29 is 0 Å². The van der Waals surface area contributed by atoms with Crippen molar-refractivity contribution in [1.29, 1.82) is 0 Å². The highest BCUT2D eigenvalue weighted by Crippen LogP contribution is 2.25. The predicted molar refractivity (Wildman–Crippen MR) is 83.2 cm³/mol. The van der Waals surface area contributed by atoms with Gasteiger partial charge in [-0.05, 0) is 31.2 Å². The van der Waals surface area contributed by atoms with E-state index >= 15 is 0 Å². The molecule has 20 heavy (non-hydrogen) atoms. The number of halogens is 1. The van der Waals surface area contributed by atoms with E-state index in [9.17, 15) is 0 Å². The van der Waals surface area contributed by atoms with Gasteiger partial charge in [-0.2, -0.15) is 5.10 Å². The molecule has 0 saturated carbocycles. The average molecular weight is 284 g/mol. The maximum absolute atomic E-state index is 6.05. The van der Waals surface area contributed by atoms with Gasteiger partial charge in [0.1, 0.15) is 5.82 Å². The second-order valence-corrected chi connectivity index (χ2v) is 5.15. The van der Waals surface area contributed by atoms with Crippen LogP contribution in [0.1, 0.15) is 5.56 Å². The summed E-state index contributed by atoms with van der Waals surface area (Å²) in [6.45, 7) is 2.05. The van der Waals surface area contributed by atoms with Crippen molar-refractivity contribution in [3.63, 3.8) is 0 Å². The number of nitrogen functional groups attached to an aromatic ring is 1. The number of anilines is 1. The summed E-state index contributed by atoms with van der Waals surface area (Å²) in [4.78, 5) is 0. The SMILES string of the molecule is Cc1ccc(-n2nc(-c3cccc(Cl)c3)cc2N)cc1. The monoisotopic (exact) mass is 283 g/mol. The van der Waals surface area contributed by atoms with Gasteiger partial charge in [0.25, 0.3) is 0 Å². The van der Waals surface area contributed by atoms with E-state index in [-0.39, 0.29) is 0 Å². The van der Waals surface area contributed by atoms with E-state index in [4.69, 9.17) is 17.3 Å². The van der Waals surface area contributed by atoms with Crippen LogP contribution in [0, 0.1) is 6.92 Å². The Morgan fingerprint density at radius 2 is 1.80 bits per heavy atom. The lowest BCUT2D eigenvalue weighted by molar-refractivity contribution is 0.894. The van der Waals surface area contributed by atoms with E-state index in [0.29, 0.717) is 10.8 Å². The Bertz CT molecular complexity index is 745. The fraction of sp³-hybridized carbons (Fsp3) is 0.0625. The van der Waals surface area contributed by atoms with Crippen LogP contribution in [0.4, 0.5) is 5.82 Å². The molecule has 0 spiro atoms. The van der Waals surface area contributed by atoms with E-state index in [1.807, 2.05) is 61.5 Å². The summed E-state index contributed by atoms with van der Waals surface area (Å²) in [5.74, 6) is 0.601. The number of aryl methyl sites for hydroxylation is 1. The molecule has 0 saturated heterocycles. The number of aromatic nitrogens is 2. The Kier molecular flexibility index (Phi) is 3.20. The molecule has 3 nitrogen and oxygen atoms in total. The molecule has 0 aliphatic carbocycles. The molecule has 0 aliphatic rings. The van der Waals surface area contributed by atoms with Crippen molar-refractivity contribution in [2.45, 2.75) is 6.92 Å². The molecule has 0 radical (unpaired) electrons. The Balaban J connectivity index is 2.05. The van der Waals surface area contributed by atoms with Gasteiger partial charge >= 0.3 is 0 Å². The summed E-state index contributed by atoms with van der Waals surface area (Å²) >= 11 is 6.01. The van der Waals surface area contributed by atoms with Crippen LogP contribution in [0.15, 0.2) is 54.6 Å². The molecule has 0 bridgehead atoms. The van der Waals surface area contributed by atoms with Crippen LogP contribution in [-0.2, 0) is 0 Å². The molecule has 4 heteroatoms. The van der Waals surface area contributed by atoms with Crippen LogP contribution in [0.25, 0.3) is 16.9 Å². The van der Waals surface area contributed by atoms with Crippen molar-refractivity contribution in [2.75, 3.05) is 5.73 Å². The third-order valence-electron chi connectivity index (χ3n) is 3.14. The largest absolute Gasteiger partial charge is 0.384 e. The average Bonchev–Trinajstić information content (AvgIpc) is 2.82. The molecular formula is C16H14ClN3. The number of benzene rings is 2. The van der Waals surface area contributed by atoms with Crippen LogP contribution < -0.4 is 5.73 Å². The third-order valence-corrected chi connectivity index (χ3v) is 3.37. The second kappa shape index (κ2) is 5.02. The first-order valence-electron chi connectivity index (χ1n) is 6.32. The highest BCUT2D eigenvalue weighted by atomic mass is 35.5. The Morgan fingerprint density at radius 1 is 1.05 bits per heavy atom. The smallest absolute Gasteiger partial charge is 0.127 e. The van der Waals surface area contributed by atoms with Crippen LogP contribution in [0.3, 0.4) is 0 Å². The molecular weight excluding hydrogens is 270 g/mol. The lowest BCUT2D eigenvalue weighted by Gasteiger charge is -2.04. The summed E-state index contributed by atoms with van der Waals surface area (Å²) in [5, 5.41) is 5.24. The van der Waals surface area contributed by atoms with E-state index in [1.165, 1.54) is 5.56 Å². The Morgan fingerprint density at radius 3 is 2.50 bits per heavy atom. The molecule has 0 amide bonds. The van der Waals surface area contributed by atoms with Gasteiger partial charge in [-0.15, -0.1) is 0 Å². The van der Waals surface area contributed by atoms with Gasteiger partial charge in [-0.25, -0.2) is 4.68 Å². The van der Waals surface area contributed by atoms with Gasteiger partial charge in [0.05, 0.1) is 11.4 Å². The highest BCUT2D eigenvalue weighted by Gasteiger charge is 2.09. The first kappa shape index (κ1) is 12.8. The van der Waals surface area contributed by atoms with Crippen molar-refractivity contribution in [1.82, 2.24) is 9.78 Å². The highest BCUT2D eigenvalue weighted by molar-refractivity contribution is 6.30. The summed E-state index contributed by atoms with van der Waals surface area (Å²) in [7, 11) is 0. The standard InChI is InChI=1S/C16H14ClN3/c1-11-5-7-14(8-6-11)20-16(18)10-15(19-20)12-3-2-4-13(17)9-12/h2-10H,18H2,1H3. The molecule has 3 rings (SSSR count). The lowest BCUT2D eigenvalue weighted by atomic mass is 10.1. The molecule has 0 aliphatic heterocycles. The van der Waals surface area contributed by atoms with Crippen molar-refractivity contribution in [3.05, 3.63) is 65.2 Å². The van der Waals surface area contributed by atoms with Crippen LogP contribution >= 0.6 is 11.6 Å². The molecule has 2 N–H and O–H groups in total. The number of hydrogen-bond donors (Lipinski definition) is 1. The molecule has 0 atom stereocenters. The molecule has 1 heterocycles. The minimum Gasteiger partial charge on any atom is -0.384 e. The van der Waals surface area contributed by atoms with Crippen molar-refractivity contribution >= 4 is 17.4 Å². The Hall–Kier alpha value is -2.26. The zero-order chi connectivity index (χ0) is 14.1. The first-order chi connectivity index (χ1) is 9.63.